The van der Waals surface area contributed by atoms with Crippen molar-refractivity contribution < 1.29 is 4.74 Å². The molecule has 0 bridgehead atoms. The first-order chi connectivity index (χ1) is 6.79. The molecular weight excluding hydrogens is 174 g/mol. The van der Waals surface area contributed by atoms with Crippen LogP contribution in [0.3, 0.4) is 0 Å². The lowest BCUT2D eigenvalue weighted by atomic mass is 10.0. The molecule has 0 aliphatic heterocycles. The Bertz CT molecular complexity index is 296. The van der Waals surface area contributed by atoms with Gasteiger partial charge in [-0.25, -0.2) is 0 Å². The number of rotatable bonds is 5. The third-order valence-corrected chi connectivity index (χ3v) is 2.04. The lowest BCUT2D eigenvalue weighted by molar-refractivity contribution is 0.334. The topological polar surface area (TPSA) is 35.2 Å². The van der Waals surface area contributed by atoms with E-state index in [4.69, 9.17) is 10.5 Å². The molecule has 0 unspecified atom stereocenters. The quantitative estimate of drug-likeness (QED) is 0.726. The monoisotopic (exact) mass is 191 g/mol. The van der Waals surface area contributed by atoms with E-state index in [1.54, 1.807) is 0 Å². The predicted octanol–water partition coefficient (Wildman–Crippen LogP) is 2.66. The second-order valence-corrected chi connectivity index (χ2v) is 3.10. The summed E-state index contributed by atoms with van der Waals surface area (Å²) in [5.41, 5.74) is 7.04. The van der Waals surface area contributed by atoms with E-state index < -0.39 is 0 Å². The molecule has 1 atom stereocenters. The van der Waals surface area contributed by atoms with Gasteiger partial charge in [0.25, 0.3) is 0 Å². The third kappa shape index (κ3) is 2.60. The summed E-state index contributed by atoms with van der Waals surface area (Å²) in [6.45, 7) is 6.31. The van der Waals surface area contributed by atoms with Crippen LogP contribution in [0.15, 0.2) is 36.9 Å². The fourth-order valence-corrected chi connectivity index (χ4v) is 1.38. The standard InChI is InChI=1S/C12H17NO/c1-3-7-11(13)10-8-5-6-9-12(10)14-4-2/h3,5-6,8-9,11H,1,4,7,13H2,2H3/t11-/m0/s1. The molecule has 1 aromatic carbocycles. The molecule has 2 N–H and O–H groups in total. The summed E-state index contributed by atoms with van der Waals surface area (Å²) in [6.07, 6.45) is 2.59. The van der Waals surface area contributed by atoms with Gasteiger partial charge in [0.15, 0.2) is 0 Å². The number of para-hydroxylation sites is 1. The Kier molecular flexibility index (Phi) is 4.20. The molecule has 0 heterocycles. The van der Waals surface area contributed by atoms with Crippen molar-refractivity contribution in [3.05, 3.63) is 42.5 Å². The maximum absolute atomic E-state index is 5.99. The van der Waals surface area contributed by atoms with Crippen LogP contribution in [0.4, 0.5) is 0 Å². The van der Waals surface area contributed by atoms with Gasteiger partial charge in [-0.05, 0) is 19.4 Å². The highest BCUT2D eigenvalue weighted by atomic mass is 16.5. The van der Waals surface area contributed by atoms with Crippen molar-refractivity contribution in [3.63, 3.8) is 0 Å². The van der Waals surface area contributed by atoms with Crippen LogP contribution < -0.4 is 10.5 Å². The maximum Gasteiger partial charge on any atom is 0.124 e. The van der Waals surface area contributed by atoms with E-state index in [-0.39, 0.29) is 6.04 Å². The fourth-order valence-electron chi connectivity index (χ4n) is 1.38. The Morgan fingerprint density at radius 1 is 1.50 bits per heavy atom. The second kappa shape index (κ2) is 5.45. The fraction of sp³-hybridized carbons (Fsp3) is 0.333. The molecule has 2 heteroatoms. The molecule has 0 saturated heterocycles. The van der Waals surface area contributed by atoms with Crippen LogP contribution in [0.1, 0.15) is 24.9 Å². The minimum absolute atomic E-state index is 0.0183. The van der Waals surface area contributed by atoms with E-state index in [1.807, 2.05) is 37.3 Å². The SMILES string of the molecule is C=CC[C@H](N)c1ccccc1OCC. The first kappa shape index (κ1) is 10.8. The van der Waals surface area contributed by atoms with Crippen LogP contribution in [0.5, 0.6) is 5.75 Å². The van der Waals surface area contributed by atoms with Gasteiger partial charge in [0.2, 0.25) is 0 Å². The molecular formula is C12H17NO. The van der Waals surface area contributed by atoms with Crippen molar-refractivity contribution in [3.8, 4) is 5.75 Å². The van der Waals surface area contributed by atoms with E-state index in [2.05, 4.69) is 6.58 Å². The molecule has 0 amide bonds. The molecule has 1 rings (SSSR count). The minimum Gasteiger partial charge on any atom is -0.494 e. The second-order valence-electron chi connectivity index (χ2n) is 3.10. The highest BCUT2D eigenvalue weighted by molar-refractivity contribution is 5.35. The summed E-state index contributed by atoms with van der Waals surface area (Å²) >= 11 is 0. The third-order valence-electron chi connectivity index (χ3n) is 2.04. The predicted molar refractivity (Wildman–Crippen MR) is 59.4 cm³/mol. The molecule has 0 radical (unpaired) electrons. The van der Waals surface area contributed by atoms with E-state index >= 15 is 0 Å². The molecule has 0 saturated carbocycles. The van der Waals surface area contributed by atoms with Gasteiger partial charge in [0, 0.05) is 11.6 Å². The van der Waals surface area contributed by atoms with Crippen molar-refractivity contribution in [1.82, 2.24) is 0 Å². The molecule has 14 heavy (non-hydrogen) atoms. The van der Waals surface area contributed by atoms with Crippen LogP contribution in [0.25, 0.3) is 0 Å². The minimum atomic E-state index is -0.0183. The summed E-state index contributed by atoms with van der Waals surface area (Å²) < 4.78 is 5.49. The number of ether oxygens (including phenoxy) is 1. The van der Waals surface area contributed by atoms with Crippen LogP contribution in [0, 0.1) is 0 Å². The van der Waals surface area contributed by atoms with Crippen molar-refractivity contribution >= 4 is 0 Å². The molecule has 0 aliphatic carbocycles. The van der Waals surface area contributed by atoms with Crippen molar-refractivity contribution in [2.24, 2.45) is 5.73 Å². The van der Waals surface area contributed by atoms with Crippen molar-refractivity contribution in [1.29, 1.82) is 0 Å². The first-order valence-electron chi connectivity index (χ1n) is 4.87. The smallest absolute Gasteiger partial charge is 0.124 e. The van der Waals surface area contributed by atoms with E-state index in [0.29, 0.717) is 6.61 Å². The normalized spacial score (nSPS) is 12.1. The van der Waals surface area contributed by atoms with E-state index in [0.717, 1.165) is 17.7 Å². The van der Waals surface area contributed by atoms with Gasteiger partial charge < -0.3 is 10.5 Å². The Balaban J connectivity index is 2.87. The zero-order chi connectivity index (χ0) is 10.4. The van der Waals surface area contributed by atoms with Gasteiger partial charge in [0.05, 0.1) is 6.61 Å². The van der Waals surface area contributed by atoms with Crippen molar-refractivity contribution in [2.45, 2.75) is 19.4 Å². The number of benzene rings is 1. The zero-order valence-corrected chi connectivity index (χ0v) is 8.57. The van der Waals surface area contributed by atoms with Crippen LogP contribution >= 0.6 is 0 Å². The van der Waals surface area contributed by atoms with Gasteiger partial charge >= 0.3 is 0 Å². The molecule has 0 aromatic heterocycles. The van der Waals surface area contributed by atoms with Crippen LogP contribution in [-0.2, 0) is 0 Å². The Labute approximate surface area is 85.4 Å². The van der Waals surface area contributed by atoms with E-state index in [9.17, 15) is 0 Å². The first-order valence-corrected chi connectivity index (χ1v) is 4.87. The van der Waals surface area contributed by atoms with Crippen molar-refractivity contribution in [2.75, 3.05) is 6.61 Å². The number of hydrogen-bond acceptors (Lipinski definition) is 2. The Hall–Kier alpha value is -1.28. The Morgan fingerprint density at radius 2 is 2.21 bits per heavy atom. The van der Waals surface area contributed by atoms with Crippen LogP contribution in [0.2, 0.25) is 0 Å². The average Bonchev–Trinajstić information content (AvgIpc) is 2.19. The summed E-state index contributed by atoms with van der Waals surface area (Å²) in [5.74, 6) is 0.879. The lowest BCUT2D eigenvalue weighted by Gasteiger charge is -2.14. The molecule has 76 valence electrons. The molecule has 0 aliphatic rings. The van der Waals surface area contributed by atoms with Gasteiger partial charge in [-0.3, -0.25) is 0 Å². The van der Waals surface area contributed by atoms with Gasteiger partial charge in [0.1, 0.15) is 5.75 Å². The molecule has 2 nitrogen and oxygen atoms in total. The summed E-state index contributed by atoms with van der Waals surface area (Å²) in [6, 6.07) is 7.85. The maximum atomic E-state index is 5.99. The highest BCUT2D eigenvalue weighted by Gasteiger charge is 2.09. The van der Waals surface area contributed by atoms with Gasteiger partial charge in [-0.15, -0.1) is 6.58 Å². The zero-order valence-electron chi connectivity index (χ0n) is 8.57. The Morgan fingerprint density at radius 3 is 2.86 bits per heavy atom. The van der Waals surface area contributed by atoms with Gasteiger partial charge in [-0.2, -0.15) is 0 Å². The lowest BCUT2D eigenvalue weighted by Crippen LogP contribution is -2.11. The average molecular weight is 191 g/mol. The van der Waals surface area contributed by atoms with Gasteiger partial charge in [-0.1, -0.05) is 24.3 Å². The highest BCUT2D eigenvalue weighted by Crippen LogP contribution is 2.25. The van der Waals surface area contributed by atoms with Crippen LogP contribution in [-0.4, -0.2) is 6.61 Å². The number of nitrogens with two attached hydrogens (primary N) is 1. The molecule has 0 fully saturated rings. The molecule has 0 spiro atoms. The summed E-state index contributed by atoms with van der Waals surface area (Å²) in [5, 5.41) is 0. The summed E-state index contributed by atoms with van der Waals surface area (Å²) in [7, 11) is 0. The summed E-state index contributed by atoms with van der Waals surface area (Å²) in [4.78, 5) is 0. The molecule has 1 aromatic rings. The largest absolute Gasteiger partial charge is 0.494 e. The van der Waals surface area contributed by atoms with E-state index in [1.165, 1.54) is 0 Å². The number of hydrogen-bond donors (Lipinski definition) is 1.